The Hall–Kier alpha value is -2.08. The second-order valence-electron chi connectivity index (χ2n) is 5.22. The summed E-state index contributed by atoms with van der Waals surface area (Å²) in [6.45, 7) is 0.474. The van der Waals surface area contributed by atoms with E-state index >= 15 is 0 Å². The molecule has 0 radical (unpaired) electrons. The number of anilines is 1. The molecule has 2 amide bonds. The minimum Gasteiger partial charge on any atom is -0.478 e. The zero-order valence-electron chi connectivity index (χ0n) is 11.9. The van der Waals surface area contributed by atoms with E-state index in [1.807, 2.05) is 0 Å². The minimum atomic E-state index is -1.12. The largest absolute Gasteiger partial charge is 0.478 e. The standard InChI is InChI=1S/C15H17ClN2O4/c16-12-8-10(5-6-11(12)15(21)22)18-13(19)2-1-7-17-14(20)9-3-4-9/h5-6,8-9H,1-4,7H2,(H,17,20)(H,18,19)(H,21,22). The molecule has 1 aliphatic rings. The van der Waals surface area contributed by atoms with Crippen LogP contribution in [-0.4, -0.2) is 29.4 Å². The van der Waals surface area contributed by atoms with Gasteiger partial charge in [-0.2, -0.15) is 0 Å². The van der Waals surface area contributed by atoms with E-state index in [0.717, 1.165) is 12.8 Å². The zero-order valence-corrected chi connectivity index (χ0v) is 12.7. The van der Waals surface area contributed by atoms with E-state index in [1.165, 1.54) is 18.2 Å². The number of benzene rings is 1. The van der Waals surface area contributed by atoms with E-state index < -0.39 is 5.97 Å². The van der Waals surface area contributed by atoms with Crippen molar-refractivity contribution in [3.63, 3.8) is 0 Å². The van der Waals surface area contributed by atoms with Gasteiger partial charge in [-0.25, -0.2) is 4.79 Å². The van der Waals surface area contributed by atoms with E-state index in [0.29, 0.717) is 18.7 Å². The highest BCUT2D eigenvalue weighted by molar-refractivity contribution is 6.33. The van der Waals surface area contributed by atoms with Crippen LogP contribution < -0.4 is 10.6 Å². The summed E-state index contributed by atoms with van der Waals surface area (Å²) < 4.78 is 0. The molecule has 0 atom stereocenters. The first-order valence-corrected chi connectivity index (χ1v) is 7.45. The van der Waals surface area contributed by atoms with Crippen LogP contribution in [0.25, 0.3) is 0 Å². The summed E-state index contributed by atoms with van der Waals surface area (Å²) in [7, 11) is 0. The van der Waals surface area contributed by atoms with E-state index in [4.69, 9.17) is 16.7 Å². The summed E-state index contributed by atoms with van der Waals surface area (Å²) in [6.07, 6.45) is 2.73. The first-order valence-electron chi connectivity index (χ1n) is 7.08. The molecule has 1 aromatic carbocycles. The molecule has 1 saturated carbocycles. The number of hydrogen-bond donors (Lipinski definition) is 3. The van der Waals surface area contributed by atoms with Crippen LogP contribution in [0.1, 0.15) is 36.0 Å². The number of halogens is 1. The molecule has 7 heteroatoms. The second kappa shape index (κ2) is 7.26. The van der Waals surface area contributed by atoms with Crippen molar-refractivity contribution in [1.82, 2.24) is 5.32 Å². The minimum absolute atomic E-state index is 0.0116. The molecule has 0 saturated heterocycles. The number of nitrogens with one attached hydrogen (secondary N) is 2. The average Bonchev–Trinajstić information content (AvgIpc) is 3.27. The summed E-state index contributed by atoms with van der Waals surface area (Å²) in [6, 6.07) is 4.23. The third kappa shape index (κ3) is 4.73. The normalized spacial score (nSPS) is 13.5. The molecule has 0 spiro atoms. The first kappa shape index (κ1) is 16.3. The highest BCUT2D eigenvalue weighted by Gasteiger charge is 2.28. The van der Waals surface area contributed by atoms with Gasteiger partial charge in [0.05, 0.1) is 10.6 Å². The molecule has 0 unspecified atom stereocenters. The molecule has 22 heavy (non-hydrogen) atoms. The quantitative estimate of drug-likeness (QED) is 0.670. The van der Waals surface area contributed by atoms with Crippen LogP contribution in [0, 0.1) is 5.92 Å². The van der Waals surface area contributed by atoms with Crippen molar-refractivity contribution < 1.29 is 19.5 Å². The number of hydrogen-bond acceptors (Lipinski definition) is 3. The molecular weight excluding hydrogens is 308 g/mol. The third-order valence-electron chi connectivity index (χ3n) is 3.31. The average molecular weight is 325 g/mol. The van der Waals surface area contributed by atoms with E-state index in [1.54, 1.807) is 0 Å². The Morgan fingerprint density at radius 1 is 1.27 bits per heavy atom. The molecule has 3 N–H and O–H groups in total. The van der Waals surface area contributed by atoms with Gasteiger partial charge in [-0.15, -0.1) is 0 Å². The van der Waals surface area contributed by atoms with Crippen molar-refractivity contribution in [2.24, 2.45) is 5.92 Å². The van der Waals surface area contributed by atoms with Crippen molar-refractivity contribution in [1.29, 1.82) is 0 Å². The topological polar surface area (TPSA) is 95.5 Å². The number of aromatic carboxylic acids is 1. The Bertz CT molecular complexity index is 599. The first-order chi connectivity index (χ1) is 10.5. The van der Waals surface area contributed by atoms with E-state index in [-0.39, 0.29) is 34.7 Å². The van der Waals surface area contributed by atoms with Crippen molar-refractivity contribution >= 4 is 35.1 Å². The maximum Gasteiger partial charge on any atom is 0.337 e. The molecule has 0 bridgehead atoms. The Morgan fingerprint density at radius 2 is 2.00 bits per heavy atom. The predicted molar refractivity (Wildman–Crippen MR) is 82.0 cm³/mol. The molecule has 1 aromatic rings. The molecular formula is C15H17ClN2O4. The summed E-state index contributed by atoms with van der Waals surface area (Å²) in [4.78, 5) is 34.0. The number of carboxylic acids is 1. The SMILES string of the molecule is O=C(CCCNC(=O)C1CC1)Nc1ccc(C(=O)O)c(Cl)c1. The van der Waals surface area contributed by atoms with Gasteiger partial charge in [0.2, 0.25) is 11.8 Å². The molecule has 0 aliphatic heterocycles. The maximum atomic E-state index is 11.8. The van der Waals surface area contributed by atoms with Crippen LogP contribution in [0.3, 0.4) is 0 Å². The number of amides is 2. The van der Waals surface area contributed by atoms with Gasteiger partial charge in [0, 0.05) is 24.6 Å². The molecule has 1 aliphatic carbocycles. The predicted octanol–water partition coefficient (Wildman–Crippen LogP) is 2.28. The lowest BCUT2D eigenvalue weighted by molar-refractivity contribution is -0.122. The fourth-order valence-corrected chi connectivity index (χ4v) is 2.20. The lowest BCUT2D eigenvalue weighted by atomic mass is 10.2. The smallest absolute Gasteiger partial charge is 0.337 e. The van der Waals surface area contributed by atoms with Gasteiger partial charge in [0.1, 0.15) is 0 Å². The fourth-order valence-electron chi connectivity index (χ4n) is 1.94. The van der Waals surface area contributed by atoms with Gasteiger partial charge in [0.15, 0.2) is 0 Å². The van der Waals surface area contributed by atoms with Crippen LogP contribution >= 0.6 is 11.6 Å². The van der Waals surface area contributed by atoms with Crippen LogP contribution in [-0.2, 0) is 9.59 Å². The summed E-state index contributed by atoms with van der Waals surface area (Å²) in [5.41, 5.74) is 0.435. The lowest BCUT2D eigenvalue weighted by Gasteiger charge is -2.07. The Labute approximate surface area is 132 Å². The number of carbonyl (C=O) groups excluding carboxylic acids is 2. The van der Waals surface area contributed by atoms with Crippen LogP contribution in [0.2, 0.25) is 5.02 Å². The molecule has 1 fully saturated rings. The monoisotopic (exact) mass is 324 g/mol. The molecule has 2 rings (SSSR count). The van der Waals surface area contributed by atoms with Gasteiger partial charge in [0.25, 0.3) is 0 Å². The molecule has 118 valence electrons. The zero-order chi connectivity index (χ0) is 16.1. The summed E-state index contributed by atoms with van der Waals surface area (Å²) >= 11 is 5.83. The summed E-state index contributed by atoms with van der Waals surface area (Å²) in [5, 5.41) is 14.4. The maximum absolute atomic E-state index is 11.8. The van der Waals surface area contributed by atoms with Gasteiger partial charge in [-0.05, 0) is 37.5 Å². The van der Waals surface area contributed by atoms with Crippen molar-refractivity contribution in [3.8, 4) is 0 Å². The number of carbonyl (C=O) groups is 3. The number of carboxylic acid groups (broad SMARTS) is 1. The van der Waals surface area contributed by atoms with Gasteiger partial charge in [-0.1, -0.05) is 11.6 Å². The van der Waals surface area contributed by atoms with E-state index in [2.05, 4.69) is 10.6 Å². The molecule has 0 aromatic heterocycles. The Balaban J connectivity index is 1.73. The second-order valence-corrected chi connectivity index (χ2v) is 5.62. The van der Waals surface area contributed by atoms with Crippen molar-refractivity contribution in [2.75, 3.05) is 11.9 Å². The Morgan fingerprint density at radius 3 is 2.59 bits per heavy atom. The summed E-state index contributed by atoms with van der Waals surface area (Å²) in [5.74, 6) is -1.09. The van der Waals surface area contributed by atoms with Gasteiger partial charge >= 0.3 is 5.97 Å². The lowest BCUT2D eigenvalue weighted by Crippen LogP contribution is -2.26. The molecule has 0 heterocycles. The van der Waals surface area contributed by atoms with Crippen LogP contribution in [0.4, 0.5) is 5.69 Å². The van der Waals surface area contributed by atoms with Crippen molar-refractivity contribution in [3.05, 3.63) is 28.8 Å². The fraction of sp³-hybridized carbons (Fsp3) is 0.400. The highest BCUT2D eigenvalue weighted by atomic mass is 35.5. The van der Waals surface area contributed by atoms with Crippen LogP contribution in [0.15, 0.2) is 18.2 Å². The van der Waals surface area contributed by atoms with Crippen molar-refractivity contribution in [2.45, 2.75) is 25.7 Å². The van der Waals surface area contributed by atoms with Crippen LogP contribution in [0.5, 0.6) is 0 Å². The Kier molecular flexibility index (Phi) is 5.38. The van der Waals surface area contributed by atoms with Gasteiger partial charge < -0.3 is 15.7 Å². The molecule has 6 nitrogen and oxygen atoms in total. The van der Waals surface area contributed by atoms with Gasteiger partial charge in [-0.3, -0.25) is 9.59 Å². The number of rotatable bonds is 7. The highest BCUT2D eigenvalue weighted by Crippen LogP contribution is 2.28. The third-order valence-corrected chi connectivity index (χ3v) is 3.62. The van der Waals surface area contributed by atoms with E-state index in [9.17, 15) is 14.4 Å².